The Balaban J connectivity index is 1.83. The second-order valence-electron chi connectivity index (χ2n) is 5.60. The number of pyridine rings is 1. The highest BCUT2D eigenvalue weighted by molar-refractivity contribution is 7.13. The number of amides is 1. The monoisotopic (exact) mass is 398 g/mol. The predicted octanol–water partition coefficient (Wildman–Crippen LogP) is 6.52. The van der Waals surface area contributed by atoms with E-state index in [0.29, 0.717) is 21.3 Å². The van der Waals surface area contributed by atoms with Crippen molar-refractivity contribution in [2.75, 3.05) is 5.32 Å². The van der Waals surface area contributed by atoms with Crippen molar-refractivity contribution in [2.24, 2.45) is 0 Å². The molecule has 128 valence electrons. The standard InChI is InChI=1S/C20H12Cl2N2OS/c21-14-6-3-7-15(22)19(14)24-20(25)13-11-17(18-9-4-10-26-18)23-16-8-2-1-5-12(13)16/h1-11H,(H,24,25). The molecule has 0 spiro atoms. The minimum absolute atomic E-state index is 0.281. The Morgan fingerprint density at radius 3 is 2.46 bits per heavy atom. The van der Waals surface area contributed by atoms with Gasteiger partial charge in [0.25, 0.3) is 5.91 Å². The van der Waals surface area contributed by atoms with Crippen LogP contribution in [0.2, 0.25) is 10.0 Å². The maximum atomic E-state index is 13.0. The number of carbonyl (C=O) groups is 1. The number of benzene rings is 2. The third kappa shape index (κ3) is 3.19. The summed E-state index contributed by atoms with van der Waals surface area (Å²) in [5, 5.41) is 6.37. The summed E-state index contributed by atoms with van der Waals surface area (Å²) in [5.41, 5.74) is 2.44. The van der Waals surface area contributed by atoms with Crippen LogP contribution in [0.15, 0.2) is 66.0 Å². The van der Waals surface area contributed by atoms with Gasteiger partial charge < -0.3 is 5.32 Å². The number of carbonyl (C=O) groups excluding carboxylic acids is 1. The van der Waals surface area contributed by atoms with E-state index in [1.54, 1.807) is 35.6 Å². The van der Waals surface area contributed by atoms with Crippen molar-refractivity contribution >= 4 is 57.0 Å². The number of hydrogen-bond donors (Lipinski definition) is 1. The van der Waals surface area contributed by atoms with E-state index in [1.165, 1.54) is 0 Å². The summed E-state index contributed by atoms with van der Waals surface area (Å²) in [6.07, 6.45) is 0. The molecular weight excluding hydrogens is 387 g/mol. The SMILES string of the molecule is O=C(Nc1c(Cl)cccc1Cl)c1cc(-c2cccs2)nc2ccccc12. The van der Waals surface area contributed by atoms with E-state index < -0.39 is 0 Å². The fraction of sp³-hybridized carbons (Fsp3) is 0. The third-order valence-electron chi connectivity index (χ3n) is 3.94. The molecule has 2 aromatic heterocycles. The van der Waals surface area contributed by atoms with Crippen molar-refractivity contribution in [3.05, 3.63) is 81.7 Å². The lowest BCUT2D eigenvalue weighted by atomic mass is 10.1. The second kappa shape index (κ2) is 7.08. The Kier molecular flexibility index (Phi) is 4.64. The second-order valence-corrected chi connectivity index (χ2v) is 7.36. The molecule has 0 aliphatic carbocycles. The van der Waals surface area contributed by atoms with E-state index >= 15 is 0 Å². The van der Waals surface area contributed by atoms with Gasteiger partial charge >= 0.3 is 0 Å². The molecular formula is C20H12Cl2N2OS. The first kappa shape index (κ1) is 17.0. The van der Waals surface area contributed by atoms with Crippen LogP contribution in [0.25, 0.3) is 21.5 Å². The van der Waals surface area contributed by atoms with Gasteiger partial charge in [-0.3, -0.25) is 4.79 Å². The summed E-state index contributed by atoms with van der Waals surface area (Å²) in [6, 6.07) is 18.4. The van der Waals surface area contributed by atoms with Gasteiger partial charge in [0.2, 0.25) is 0 Å². The first-order chi connectivity index (χ1) is 12.6. The maximum Gasteiger partial charge on any atom is 0.256 e. The van der Waals surface area contributed by atoms with Gasteiger partial charge in [-0.05, 0) is 35.7 Å². The summed E-state index contributed by atoms with van der Waals surface area (Å²) >= 11 is 13.9. The van der Waals surface area contributed by atoms with Crippen molar-refractivity contribution in [3.63, 3.8) is 0 Å². The van der Waals surface area contributed by atoms with Crippen molar-refractivity contribution in [1.82, 2.24) is 4.98 Å². The van der Waals surface area contributed by atoms with E-state index in [4.69, 9.17) is 23.2 Å². The fourth-order valence-electron chi connectivity index (χ4n) is 2.71. The molecule has 0 atom stereocenters. The zero-order chi connectivity index (χ0) is 18.1. The number of thiophene rings is 1. The van der Waals surface area contributed by atoms with Gasteiger partial charge in [0.1, 0.15) is 0 Å². The van der Waals surface area contributed by atoms with E-state index in [2.05, 4.69) is 10.3 Å². The third-order valence-corrected chi connectivity index (χ3v) is 5.46. The lowest BCUT2D eigenvalue weighted by Crippen LogP contribution is -2.13. The van der Waals surface area contributed by atoms with Crippen LogP contribution in [0.1, 0.15) is 10.4 Å². The molecule has 2 heterocycles. The van der Waals surface area contributed by atoms with E-state index in [9.17, 15) is 4.79 Å². The number of fused-ring (bicyclic) bond motifs is 1. The topological polar surface area (TPSA) is 42.0 Å². The van der Waals surface area contributed by atoms with Crippen LogP contribution >= 0.6 is 34.5 Å². The number of hydrogen-bond acceptors (Lipinski definition) is 3. The predicted molar refractivity (Wildman–Crippen MR) is 109 cm³/mol. The van der Waals surface area contributed by atoms with Gasteiger partial charge in [0.15, 0.2) is 0 Å². The number of halogens is 2. The first-order valence-corrected chi connectivity index (χ1v) is 9.46. The molecule has 4 rings (SSSR count). The highest BCUT2D eigenvalue weighted by Crippen LogP contribution is 2.32. The summed E-state index contributed by atoms with van der Waals surface area (Å²) in [6.45, 7) is 0. The molecule has 6 heteroatoms. The minimum Gasteiger partial charge on any atom is -0.319 e. The molecule has 0 unspecified atom stereocenters. The normalized spacial score (nSPS) is 10.8. The number of rotatable bonds is 3. The van der Waals surface area contributed by atoms with Gasteiger partial charge in [0.05, 0.1) is 37.4 Å². The Bertz CT molecular complexity index is 1090. The Morgan fingerprint density at radius 2 is 1.73 bits per heavy atom. The fourth-order valence-corrected chi connectivity index (χ4v) is 3.89. The molecule has 0 radical (unpaired) electrons. The highest BCUT2D eigenvalue weighted by Gasteiger charge is 2.16. The number of para-hydroxylation sites is 2. The summed E-state index contributed by atoms with van der Waals surface area (Å²) in [5.74, 6) is -0.281. The zero-order valence-electron chi connectivity index (χ0n) is 13.4. The number of nitrogens with one attached hydrogen (secondary N) is 1. The van der Waals surface area contributed by atoms with Crippen LogP contribution in [0.5, 0.6) is 0 Å². The quantitative estimate of drug-likeness (QED) is 0.426. The smallest absolute Gasteiger partial charge is 0.256 e. The van der Waals surface area contributed by atoms with Crippen LogP contribution in [0.4, 0.5) is 5.69 Å². The van der Waals surface area contributed by atoms with Gasteiger partial charge in [-0.2, -0.15) is 0 Å². The highest BCUT2D eigenvalue weighted by atomic mass is 35.5. The summed E-state index contributed by atoms with van der Waals surface area (Å²) < 4.78 is 0. The van der Waals surface area contributed by atoms with E-state index in [0.717, 1.165) is 21.5 Å². The van der Waals surface area contributed by atoms with E-state index in [-0.39, 0.29) is 5.91 Å². The molecule has 4 aromatic rings. The molecule has 3 nitrogen and oxygen atoms in total. The maximum absolute atomic E-state index is 13.0. The molecule has 1 N–H and O–H groups in total. The summed E-state index contributed by atoms with van der Waals surface area (Å²) in [7, 11) is 0. The van der Waals surface area contributed by atoms with Gasteiger partial charge in [-0.15, -0.1) is 11.3 Å². The molecule has 0 bridgehead atoms. The largest absolute Gasteiger partial charge is 0.319 e. The number of aromatic nitrogens is 1. The van der Waals surface area contributed by atoms with Crippen molar-refractivity contribution in [2.45, 2.75) is 0 Å². The summed E-state index contributed by atoms with van der Waals surface area (Å²) in [4.78, 5) is 18.7. The Morgan fingerprint density at radius 1 is 0.962 bits per heavy atom. The lowest BCUT2D eigenvalue weighted by Gasteiger charge is -2.12. The number of nitrogens with zero attached hydrogens (tertiary/aromatic N) is 1. The van der Waals surface area contributed by atoms with Crippen LogP contribution < -0.4 is 5.32 Å². The molecule has 0 saturated heterocycles. The van der Waals surface area contributed by atoms with Crippen molar-refractivity contribution < 1.29 is 4.79 Å². The van der Waals surface area contributed by atoms with Crippen LogP contribution in [0, 0.1) is 0 Å². The van der Waals surface area contributed by atoms with Gasteiger partial charge in [0, 0.05) is 5.39 Å². The molecule has 0 saturated carbocycles. The van der Waals surface area contributed by atoms with Gasteiger partial charge in [-0.25, -0.2) is 4.98 Å². The zero-order valence-corrected chi connectivity index (χ0v) is 15.7. The van der Waals surface area contributed by atoms with Crippen LogP contribution in [-0.4, -0.2) is 10.9 Å². The number of anilines is 1. The molecule has 2 aromatic carbocycles. The average Bonchev–Trinajstić information content (AvgIpc) is 3.18. The molecule has 0 fully saturated rings. The molecule has 26 heavy (non-hydrogen) atoms. The van der Waals surface area contributed by atoms with Crippen LogP contribution in [0.3, 0.4) is 0 Å². The lowest BCUT2D eigenvalue weighted by molar-refractivity contribution is 0.102. The van der Waals surface area contributed by atoms with Crippen molar-refractivity contribution in [1.29, 1.82) is 0 Å². The first-order valence-electron chi connectivity index (χ1n) is 7.82. The van der Waals surface area contributed by atoms with Gasteiger partial charge in [-0.1, -0.05) is 53.5 Å². The molecule has 0 aliphatic rings. The average molecular weight is 399 g/mol. The molecule has 0 aliphatic heterocycles. The Hall–Kier alpha value is -2.40. The Labute approximate surface area is 164 Å². The van der Waals surface area contributed by atoms with E-state index in [1.807, 2.05) is 41.8 Å². The minimum atomic E-state index is -0.281. The van der Waals surface area contributed by atoms with Crippen LogP contribution in [-0.2, 0) is 0 Å². The molecule has 1 amide bonds. The van der Waals surface area contributed by atoms with Crippen molar-refractivity contribution in [3.8, 4) is 10.6 Å².